The summed E-state index contributed by atoms with van der Waals surface area (Å²) in [5.74, 6) is -1.55. The number of rotatable bonds is 5. The molecule has 0 saturated heterocycles. The summed E-state index contributed by atoms with van der Waals surface area (Å²) in [5, 5.41) is 22.4. The summed E-state index contributed by atoms with van der Waals surface area (Å²) in [7, 11) is 0. The third-order valence-electron chi connectivity index (χ3n) is 6.15. The van der Waals surface area contributed by atoms with Gasteiger partial charge in [0.05, 0.1) is 11.6 Å². The number of carbonyl (C=O) groups is 1. The predicted molar refractivity (Wildman–Crippen MR) is 128 cm³/mol. The van der Waals surface area contributed by atoms with Crippen LogP contribution in [0.3, 0.4) is 0 Å². The fraction of sp³-hybridized carbons (Fsp3) is 0.154. The third kappa shape index (κ3) is 3.85. The van der Waals surface area contributed by atoms with E-state index in [1.165, 1.54) is 12.1 Å². The molecule has 0 spiro atoms. The van der Waals surface area contributed by atoms with Crippen LogP contribution in [-0.2, 0) is 13.1 Å². The number of aromatic carboxylic acids is 1. The minimum absolute atomic E-state index is 0.0625. The highest BCUT2D eigenvalue weighted by Crippen LogP contribution is 2.30. The van der Waals surface area contributed by atoms with E-state index >= 15 is 0 Å². The highest BCUT2D eigenvalue weighted by atomic mass is 19.1. The molecule has 1 unspecified atom stereocenters. The van der Waals surface area contributed by atoms with Crippen LogP contribution in [0, 0.1) is 17.1 Å². The molecule has 5 rings (SSSR count). The standard InChI is InChI=1S/C26H20FN5O3/c1-15(29-22-9-5-4-8-19(22)26(34)35)20-10-18(27)14-32-24(20)30-23(21(11-28)25(32)33)31-12-16-6-2-3-7-17(16)13-31/h2-10,14-15,29H,12-13H2,1H3,(H,34,35). The Hall–Kier alpha value is -4.71. The zero-order valence-corrected chi connectivity index (χ0v) is 18.7. The summed E-state index contributed by atoms with van der Waals surface area (Å²) in [4.78, 5) is 31.4. The number of nitrogens with zero attached hydrogens (tertiary/aromatic N) is 4. The topological polar surface area (TPSA) is 111 Å². The molecule has 1 atom stereocenters. The monoisotopic (exact) mass is 469 g/mol. The Balaban J connectivity index is 1.64. The number of carboxylic acid groups (broad SMARTS) is 1. The lowest BCUT2D eigenvalue weighted by Crippen LogP contribution is -2.27. The van der Waals surface area contributed by atoms with Crippen LogP contribution in [0.4, 0.5) is 15.9 Å². The number of pyridine rings is 1. The number of halogens is 1. The number of hydrogen-bond acceptors (Lipinski definition) is 6. The van der Waals surface area contributed by atoms with Gasteiger partial charge in [-0.25, -0.2) is 14.2 Å². The SMILES string of the molecule is CC(Nc1ccccc1C(=O)O)c1cc(F)cn2c(=O)c(C#N)c(N3Cc4ccccc4C3)nc12. The van der Waals surface area contributed by atoms with Crippen molar-refractivity contribution in [1.82, 2.24) is 9.38 Å². The van der Waals surface area contributed by atoms with Gasteiger partial charge < -0.3 is 15.3 Å². The molecule has 4 aromatic rings. The molecule has 0 radical (unpaired) electrons. The first kappa shape index (κ1) is 22.1. The smallest absolute Gasteiger partial charge is 0.337 e. The highest BCUT2D eigenvalue weighted by Gasteiger charge is 2.26. The van der Waals surface area contributed by atoms with Crippen LogP contribution in [0.25, 0.3) is 5.65 Å². The molecule has 2 aromatic carbocycles. The summed E-state index contributed by atoms with van der Waals surface area (Å²) in [5.41, 5.74) is 2.29. The summed E-state index contributed by atoms with van der Waals surface area (Å²) in [6, 6.07) is 16.8. The van der Waals surface area contributed by atoms with E-state index < -0.39 is 23.4 Å². The summed E-state index contributed by atoms with van der Waals surface area (Å²) >= 11 is 0. The molecular formula is C26H20FN5O3. The fourth-order valence-corrected chi connectivity index (χ4v) is 4.45. The van der Waals surface area contributed by atoms with Crippen LogP contribution in [0.2, 0.25) is 0 Å². The van der Waals surface area contributed by atoms with Gasteiger partial charge in [0.2, 0.25) is 0 Å². The van der Waals surface area contributed by atoms with E-state index in [1.807, 2.05) is 35.2 Å². The van der Waals surface area contributed by atoms with Gasteiger partial charge in [0, 0.05) is 30.5 Å². The van der Waals surface area contributed by atoms with E-state index in [0.29, 0.717) is 24.3 Å². The Morgan fingerprint density at radius 1 is 1.17 bits per heavy atom. The zero-order valence-electron chi connectivity index (χ0n) is 18.7. The molecular weight excluding hydrogens is 449 g/mol. The average Bonchev–Trinajstić information content (AvgIpc) is 3.28. The minimum atomic E-state index is -1.10. The molecule has 1 aliphatic heterocycles. The van der Waals surface area contributed by atoms with Gasteiger partial charge in [0.15, 0.2) is 11.4 Å². The maximum absolute atomic E-state index is 14.6. The third-order valence-corrected chi connectivity index (χ3v) is 6.15. The van der Waals surface area contributed by atoms with Gasteiger partial charge in [0.25, 0.3) is 5.56 Å². The molecule has 0 fully saturated rings. The first-order valence-electron chi connectivity index (χ1n) is 10.9. The van der Waals surface area contributed by atoms with Gasteiger partial charge in [0.1, 0.15) is 17.5 Å². The van der Waals surface area contributed by atoms with Crippen LogP contribution in [0.5, 0.6) is 0 Å². The number of aromatic nitrogens is 2. The van der Waals surface area contributed by atoms with Crippen LogP contribution < -0.4 is 15.8 Å². The van der Waals surface area contributed by atoms with Crippen LogP contribution >= 0.6 is 0 Å². The second-order valence-electron chi connectivity index (χ2n) is 8.38. The number of anilines is 2. The van der Waals surface area contributed by atoms with Crippen molar-refractivity contribution in [2.45, 2.75) is 26.1 Å². The van der Waals surface area contributed by atoms with Gasteiger partial charge in [-0.3, -0.25) is 9.20 Å². The Labute approximate surface area is 199 Å². The lowest BCUT2D eigenvalue weighted by molar-refractivity contribution is 0.0698. The van der Waals surface area contributed by atoms with Crippen LogP contribution in [-0.4, -0.2) is 20.5 Å². The van der Waals surface area contributed by atoms with Crippen molar-refractivity contribution in [1.29, 1.82) is 5.26 Å². The van der Waals surface area contributed by atoms with Crippen molar-refractivity contribution >= 4 is 23.1 Å². The van der Waals surface area contributed by atoms with E-state index in [1.54, 1.807) is 25.1 Å². The molecule has 0 aliphatic carbocycles. The number of nitriles is 1. The number of nitrogens with one attached hydrogen (secondary N) is 1. The molecule has 1 aliphatic rings. The van der Waals surface area contributed by atoms with Crippen molar-refractivity contribution in [3.05, 3.63) is 105 Å². The van der Waals surface area contributed by atoms with Crippen molar-refractivity contribution in [3.63, 3.8) is 0 Å². The number of hydrogen-bond donors (Lipinski definition) is 2. The molecule has 35 heavy (non-hydrogen) atoms. The summed E-state index contributed by atoms with van der Waals surface area (Å²) in [6.45, 7) is 2.71. The zero-order chi connectivity index (χ0) is 24.7. The van der Waals surface area contributed by atoms with E-state index in [9.17, 15) is 24.3 Å². The first-order chi connectivity index (χ1) is 16.9. The second kappa shape index (κ2) is 8.57. The molecule has 9 heteroatoms. The molecule has 8 nitrogen and oxygen atoms in total. The normalized spacial score (nSPS) is 13.3. The lowest BCUT2D eigenvalue weighted by Gasteiger charge is -2.22. The molecule has 0 amide bonds. The number of carboxylic acids is 1. The summed E-state index contributed by atoms with van der Waals surface area (Å²) < 4.78 is 15.6. The Morgan fingerprint density at radius 3 is 2.49 bits per heavy atom. The maximum Gasteiger partial charge on any atom is 0.337 e. The second-order valence-corrected chi connectivity index (χ2v) is 8.38. The van der Waals surface area contributed by atoms with Gasteiger partial charge in [-0.15, -0.1) is 0 Å². The molecule has 2 N–H and O–H groups in total. The Morgan fingerprint density at radius 2 is 1.83 bits per heavy atom. The predicted octanol–water partition coefficient (Wildman–Crippen LogP) is 4.10. The van der Waals surface area contributed by atoms with Gasteiger partial charge in [-0.05, 0) is 36.2 Å². The van der Waals surface area contributed by atoms with Gasteiger partial charge in [-0.2, -0.15) is 5.26 Å². The highest BCUT2D eigenvalue weighted by molar-refractivity contribution is 5.94. The molecule has 3 heterocycles. The van der Waals surface area contributed by atoms with Gasteiger partial charge >= 0.3 is 5.97 Å². The summed E-state index contributed by atoms with van der Waals surface area (Å²) in [6.07, 6.45) is 1.01. The number of para-hydroxylation sites is 1. The number of benzene rings is 2. The van der Waals surface area contributed by atoms with Crippen molar-refractivity contribution in [2.75, 3.05) is 10.2 Å². The van der Waals surface area contributed by atoms with Crippen molar-refractivity contribution in [2.24, 2.45) is 0 Å². The average molecular weight is 469 g/mol. The first-order valence-corrected chi connectivity index (χ1v) is 10.9. The van der Waals surface area contributed by atoms with Gasteiger partial charge in [-0.1, -0.05) is 36.4 Å². The molecule has 174 valence electrons. The Bertz CT molecular complexity index is 1570. The van der Waals surface area contributed by atoms with Crippen molar-refractivity contribution in [3.8, 4) is 6.07 Å². The van der Waals surface area contributed by atoms with E-state index in [-0.39, 0.29) is 22.6 Å². The quantitative estimate of drug-likeness (QED) is 0.453. The van der Waals surface area contributed by atoms with E-state index in [2.05, 4.69) is 10.3 Å². The fourth-order valence-electron chi connectivity index (χ4n) is 4.45. The molecule has 0 saturated carbocycles. The van der Waals surface area contributed by atoms with E-state index in [4.69, 9.17) is 0 Å². The maximum atomic E-state index is 14.6. The molecule has 0 bridgehead atoms. The lowest BCUT2D eigenvalue weighted by atomic mass is 10.1. The number of fused-ring (bicyclic) bond motifs is 2. The van der Waals surface area contributed by atoms with Crippen LogP contribution in [0.15, 0.2) is 65.6 Å². The minimum Gasteiger partial charge on any atom is -0.478 e. The Kier molecular flexibility index (Phi) is 5.41. The largest absolute Gasteiger partial charge is 0.478 e. The molecule has 2 aromatic heterocycles. The van der Waals surface area contributed by atoms with Crippen molar-refractivity contribution < 1.29 is 14.3 Å². The van der Waals surface area contributed by atoms with E-state index in [0.717, 1.165) is 21.7 Å². The van der Waals surface area contributed by atoms with Crippen LogP contribution in [0.1, 0.15) is 45.6 Å².